The fourth-order valence-electron chi connectivity index (χ4n) is 5.02. The molecule has 2 saturated heterocycles. The van der Waals surface area contributed by atoms with Gasteiger partial charge in [-0.15, -0.1) is 0 Å². The molecule has 0 saturated carbocycles. The lowest BCUT2D eigenvalue weighted by atomic mass is 9.82. The van der Waals surface area contributed by atoms with Crippen molar-refractivity contribution in [2.75, 3.05) is 7.05 Å². The third kappa shape index (κ3) is 3.60. The van der Waals surface area contributed by atoms with Crippen molar-refractivity contribution in [3.63, 3.8) is 0 Å². The third-order valence-corrected chi connectivity index (χ3v) is 6.66. The standard InChI is InChI=1S/C23H31N3O2/c1-3-4-12-26-15-20(22(27)19-10-5-6-11-21(19)26)23(28)24-16-13-17-8-7-9-18(14-16)25(17)2/h5-6,10-11,15-18H,3-4,7-9,12-14H2,1-2H3,(H,24,28). The molecule has 5 nitrogen and oxygen atoms in total. The van der Waals surface area contributed by atoms with Crippen LogP contribution in [0.5, 0.6) is 0 Å². The van der Waals surface area contributed by atoms with Crippen LogP contribution in [-0.2, 0) is 6.54 Å². The minimum Gasteiger partial charge on any atom is -0.349 e. The number of nitrogens with one attached hydrogen (secondary N) is 1. The van der Waals surface area contributed by atoms with E-state index in [1.54, 1.807) is 6.20 Å². The van der Waals surface area contributed by atoms with Gasteiger partial charge >= 0.3 is 0 Å². The van der Waals surface area contributed by atoms with E-state index in [1.807, 2.05) is 24.3 Å². The number of piperidine rings is 2. The summed E-state index contributed by atoms with van der Waals surface area (Å²) >= 11 is 0. The first-order valence-corrected chi connectivity index (χ1v) is 10.7. The predicted octanol–water partition coefficient (Wildman–Crippen LogP) is 3.55. The highest BCUT2D eigenvalue weighted by Crippen LogP contribution is 2.32. The van der Waals surface area contributed by atoms with Crippen molar-refractivity contribution in [2.24, 2.45) is 0 Å². The van der Waals surface area contributed by atoms with Gasteiger partial charge in [-0.2, -0.15) is 0 Å². The molecule has 1 N–H and O–H groups in total. The molecule has 1 aromatic heterocycles. The van der Waals surface area contributed by atoms with Gasteiger partial charge in [-0.05, 0) is 51.3 Å². The minimum absolute atomic E-state index is 0.158. The molecular weight excluding hydrogens is 350 g/mol. The van der Waals surface area contributed by atoms with Crippen molar-refractivity contribution in [1.29, 1.82) is 0 Å². The van der Waals surface area contributed by atoms with Crippen LogP contribution in [-0.4, -0.2) is 40.5 Å². The Hall–Kier alpha value is -2.14. The number of para-hydroxylation sites is 1. The zero-order chi connectivity index (χ0) is 19.7. The number of unbranched alkanes of at least 4 members (excludes halogenated alkanes) is 1. The first-order chi connectivity index (χ1) is 13.6. The summed E-state index contributed by atoms with van der Waals surface area (Å²) in [5.41, 5.74) is 1.03. The van der Waals surface area contributed by atoms with Crippen LogP contribution < -0.4 is 10.7 Å². The highest BCUT2D eigenvalue weighted by Gasteiger charge is 2.36. The zero-order valence-electron chi connectivity index (χ0n) is 17.0. The number of nitrogens with zero attached hydrogens (tertiary/aromatic N) is 2. The van der Waals surface area contributed by atoms with Crippen LogP contribution in [0.2, 0.25) is 0 Å². The number of carbonyl (C=O) groups excluding carboxylic acids is 1. The van der Waals surface area contributed by atoms with Crippen LogP contribution in [0.4, 0.5) is 0 Å². The SMILES string of the molecule is CCCCn1cc(C(=O)NC2CC3CCCC(C2)N3C)c(=O)c2ccccc21. The maximum atomic E-state index is 13.1. The Morgan fingerprint density at radius 2 is 1.89 bits per heavy atom. The maximum absolute atomic E-state index is 13.1. The highest BCUT2D eigenvalue weighted by atomic mass is 16.2. The highest BCUT2D eigenvalue weighted by molar-refractivity contribution is 5.97. The van der Waals surface area contributed by atoms with Crippen LogP contribution >= 0.6 is 0 Å². The van der Waals surface area contributed by atoms with Crippen LogP contribution in [0.25, 0.3) is 10.9 Å². The van der Waals surface area contributed by atoms with Crippen LogP contribution in [0.1, 0.15) is 62.2 Å². The second-order valence-corrected chi connectivity index (χ2v) is 8.48. The first kappa shape index (κ1) is 19.2. The summed E-state index contributed by atoms with van der Waals surface area (Å²) in [7, 11) is 2.21. The molecule has 2 fully saturated rings. The van der Waals surface area contributed by atoms with Crippen LogP contribution in [0, 0.1) is 0 Å². The third-order valence-electron chi connectivity index (χ3n) is 6.66. The number of pyridine rings is 1. The Morgan fingerprint density at radius 1 is 1.18 bits per heavy atom. The Labute approximate surface area is 166 Å². The maximum Gasteiger partial charge on any atom is 0.256 e. The van der Waals surface area contributed by atoms with E-state index in [9.17, 15) is 9.59 Å². The second kappa shape index (κ2) is 8.08. The number of benzene rings is 1. The minimum atomic E-state index is -0.214. The molecule has 1 aromatic carbocycles. The number of rotatable bonds is 5. The average Bonchev–Trinajstić information content (AvgIpc) is 2.68. The second-order valence-electron chi connectivity index (χ2n) is 8.48. The first-order valence-electron chi connectivity index (χ1n) is 10.7. The normalized spacial score (nSPS) is 25.0. The largest absolute Gasteiger partial charge is 0.349 e. The monoisotopic (exact) mass is 381 g/mol. The summed E-state index contributed by atoms with van der Waals surface area (Å²) in [5.74, 6) is -0.214. The van der Waals surface area contributed by atoms with Crippen LogP contribution in [0.15, 0.2) is 35.3 Å². The molecule has 0 radical (unpaired) electrons. The van der Waals surface area contributed by atoms with Gasteiger partial charge in [-0.1, -0.05) is 31.9 Å². The summed E-state index contributed by atoms with van der Waals surface area (Å²) in [6.45, 7) is 2.96. The molecular formula is C23H31N3O2. The Kier molecular flexibility index (Phi) is 5.54. The molecule has 150 valence electrons. The van der Waals surface area contributed by atoms with Gasteiger partial charge in [0, 0.05) is 36.3 Å². The van der Waals surface area contributed by atoms with E-state index >= 15 is 0 Å². The molecule has 28 heavy (non-hydrogen) atoms. The van der Waals surface area contributed by atoms with Gasteiger partial charge in [0.05, 0.1) is 5.52 Å². The molecule has 2 atom stereocenters. The number of aromatic nitrogens is 1. The van der Waals surface area contributed by atoms with Gasteiger partial charge in [0.1, 0.15) is 5.56 Å². The number of fused-ring (bicyclic) bond motifs is 3. The molecule has 0 aliphatic carbocycles. The quantitative estimate of drug-likeness (QED) is 0.862. The van der Waals surface area contributed by atoms with Gasteiger partial charge in [0.15, 0.2) is 0 Å². The topological polar surface area (TPSA) is 54.3 Å². The van der Waals surface area contributed by atoms with E-state index in [1.165, 1.54) is 19.3 Å². The predicted molar refractivity (Wildman–Crippen MR) is 113 cm³/mol. The van der Waals surface area contributed by atoms with Crippen LogP contribution in [0.3, 0.4) is 0 Å². The molecule has 4 rings (SSSR count). The van der Waals surface area contributed by atoms with Crippen molar-refractivity contribution >= 4 is 16.8 Å². The molecule has 2 aromatic rings. The fourth-order valence-corrected chi connectivity index (χ4v) is 5.02. The van der Waals surface area contributed by atoms with E-state index in [0.29, 0.717) is 17.5 Å². The van der Waals surface area contributed by atoms with E-state index in [0.717, 1.165) is 37.7 Å². The fraction of sp³-hybridized carbons (Fsp3) is 0.565. The van der Waals surface area contributed by atoms with E-state index in [4.69, 9.17) is 0 Å². The summed E-state index contributed by atoms with van der Waals surface area (Å²) in [4.78, 5) is 28.6. The molecule has 0 spiro atoms. The lowest BCUT2D eigenvalue weighted by Crippen LogP contribution is -2.55. The zero-order valence-corrected chi connectivity index (χ0v) is 17.0. The summed E-state index contributed by atoms with van der Waals surface area (Å²) in [6, 6.07) is 8.87. The summed E-state index contributed by atoms with van der Waals surface area (Å²) in [5, 5.41) is 3.83. The summed E-state index contributed by atoms with van der Waals surface area (Å²) < 4.78 is 2.07. The number of carbonyl (C=O) groups is 1. The number of aryl methyl sites for hydroxylation is 1. The Bertz CT molecular complexity index is 906. The Morgan fingerprint density at radius 3 is 2.61 bits per heavy atom. The summed E-state index contributed by atoms with van der Waals surface area (Å²) in [6.07, 6.45) is 9.52. The number of hydrogen-bond acceptors (Lipinski definition) is 3. The molecule has 5 heteroatoms. The van der Waals surface area contributed by atoms with Crippen molar-refractivity contribution in [3.8, 4) is 0 Å². The van der Waals surface area contributed by atoms with Gasteiger partial charge in [-0.3, -0.25) is 9.59 Å². The number of hydrogen-bond donors (Lipinski definition) is 1. The average molecular weight is 382 g/mol. The molecule has 2 unspecified atom stereocenters. The molecule has 3 heterocycles. The van der Waals surface area contributed by atoms with E-state index in [2.05, 4.69) is 28.8 Å². The smallest absolute Gasteiger partial charge is 0.256 e. The van der Waals surface area contributed by atoms with E-state index < -0.39 is 0 Å². The Balaban J connectivity index is 1.60. The van der Waals surface area contributed by atoms with E-state index in [-0.39, 0.29) is 22.9 Å². The molecule has 2 aliphatic heterocycles. The molecule has 1 amide bonds. The lowest BCUT2D eigenvalue weighted by molar-refractivity contribution is 0.0462. The van der Waals surface area contributed by atoms with Crippen molar-refractivity contribution in [2.45, 2.75) is 76.5 Å². The molecule has 2 bridgehead atoms. The van der Waals surface area contributed by atoms with Gasteiger partial charge < -0.3 is 14.8 Å². The van der Waals surface area contributed by atoms with Gasteiger partial charge in [0.2, 0.25) is 5.43 Å². The van der Waals surface area contributed by atoms with Crippen molar-refractivity contribution < 1.29 is 4.79 Å². The molecule has 2 aliphatic rings. The van der Waals surface area contributed by atoms with Gasteiger partial charge in [-0.25, -0.2) is 0 Å². The van der Waals surface area contributed by atoms with Crippen molar-refractivity contribution in [3.05, 3.63) is 46.2 Å². The van der Waals surface area contributed by atoms with Gasteiger partial charge in [0.25, 0.3) is 5.91 Å². The lowest BCUT2D eigenvalue weighted by Gasteiger charge is -2.47. The number of amides is 1. The van der Waals surface area contributed by atoms with Crippen molar-refractivity contribution in [1.82, 2.24) is 14.8 Å².